The molecule has 1 N–H and O–H groups in total. The molecule has 0 aliphatic heterocycles. The minimum absolute atomic E-state index is 0. The van der Waals surface area contributed by atoms with Crippen molar-refractivity contribution in [2.75, 3.05) is 0 Å². The maximum atomic E-state index is 8.79. The second-order valence-electron chi connectivity index (χ2n) is 1.60. The van der Waals surface area contributed by atoms with Gasteiger partial charge in [-0.2, -0.15) is 0 Å². The van der Waals surface area contributed by atoms with E-state index in [0.717, 1.165) is 0 Å². The Morgan fingerprint density at radius 2 is 1.80 bits per heavy atom. The molecule has 1 aromatic carbocycles. The molecular weight excluding hydrogens is 182 g/mol. The maximum Gasteiger partial charge on any atom is 1.00 e. The molecular formula is C6H5Cl2NaO. The van der Waals surface area contributed by atoms with Crippen molar-refractivity contribution in [2.45, 2.75) is 0 Å². The Balaban J connectivity index is 0. The fourth-order valence-electron chi connectivity index (χ4n) is 0.485. The van der Waals surface area contributed by atoms with Crippen molar-refractivity contribution in [3.8, 4) is 5.75 Å². The summed E-state index contributed by atoms with van der Waals surface area (Å²) in [6.45, 7) is 0. The number of rotatable bonds is 0. The van der Waals surface area contributed by atoms with Crippen LogP contribution < -0.4 is 29.6 Å². The smallest absolute Gasteiger partial charge is 1.00 e. The molecule has 0 bridgehead atoms. The Morgan fingerprint density at radius 3 is 2.20 bits per heavy atom. The summed E-state index contributed by atoms with van der Waals surface area (Å²) in [5.41, 5.74) is 0. The Hall–Kier alpha value is 0.600. The van der Waals surface area contributed by atoms with Gasteiger partial charge in [-0.05, 0) is 18.2 Å². The molecule has 0 radical (unpaired) electrons. The molecule has 0 unspecified atom stereocenters. The molecule has 0 spiro atoms. The number of hydrogen-bond acceptors (Lipinski definition) is 1. The van der Waals surface area contributed by atoms with Gasteiger partial charge >= 0.3 is 29.6 Å². The molecule has 0 atom stereocenters. The van der Waals surface area contributed by atoms with Crippen LogP contribution in [-0.4, -0.2) is 5.11 Å². The van der Waals surface area contributed by atoms with Crippen LogP contribution in [0.5, 0.6) is 5.75 Å². The van der Waals surface area contributed by atoms with Crippen LogP contribution in [0, 0.1) is 0 Å². The monoisotopic (exact) mass is 186 g/mol. The Labute approximate surface area is 92.7 Å². The number of hydrogen-bond donors (Lipinski definition) is 1. The summed E-state index contributed by atoms with van der Waals surface area (Å²) >= 11 is 11.1. The van der Waals surface area contributed by atoms with Crippen molar-refractivity contribution in [1.29, 1.82) is 0 Å². The van der Waals surface area contributed by atoms with E-state index in [1.807, 2.05) is 0 Å². The molecule has 1 nitrogen and oxygen atoms in total. The van der Waals surface area contributed by atoms with Crippen LogP contribution in [0.3, 0.4) is 0 Å². The minimum Gasteiger partial charge on any atom is -1.00 e. The molecule has 0 aromatic heterocycles. The van der Waals surface area contributed by atoms with E-state index in [4.69, 9.17) is 28.3 Å². The van der Waals surface area contributed by atoms with E-state index in [1.54, 1.807) is 6.07 Å². The SMILES string of the molecule is Oc1ccc(Cl)c(Cl)c1.[H-].[Na+]. The topological polar surface area (TPSA) is 20.2 Å². The van der Waals surface area contributed by atoms with Crippen molar-refractivity contribution < 1.29 is 36.1 Å². The number of phenols is 1. The zero-order valence-electron chi connectivity index (χ0n) is 6.44. The quantitative estimate of drug-likeness (QED) is 0.558. The van der Waals surface area contributed by atoms with Gasteiger partial charge in [-0.25, -0.2) is 0 Å². The van der Waals surface area contributed by atoms with Gasteiger partial charge in [-0.15, -0.1) is 0 Å². The van der Waals surface area contributed by atoms with Crippen LogP contribution in [-0.2, 0) is 0 Å². The summed E-state index contributed by atoms with van der Waals surface area (Å²) < 4.78 is 0. The summed E-state index contributed by atoms with van der Waals surface area (Å²) in [7, 11) is 0. The van der Waals surface area contributed by atoms with Gasteiger partial charge in [0.2, 0.25) is 0 Å². The van der Waals surface area contributed by atoms with Gasteiger partial charge in [-0.3, -0.25) is 0 Å². The first kappa shape index (κ1) is 10.6. The largest absolute Gasteiger partial charge is 1.00 e. The summed E-state index contributed by atoms with van der Waals surface area (Å²) in [6.07, 6.45) is 0. The van der Waals surface area contributed by atoms with E-state index in [1.165, 1.54) is 12.1 Å². The standard InChI is InChI=1S/C6H4Cl2O.Na.H/c7-5-2-1-4(9)3-6(5)8;;/h1-3,9H;;/q;+1;-1. The first-order chi connectivity index (χ1) is 4.20. The number of aromatic hydroxyl groups is 1. The van der Waals surface area contributed by atoms with Crippen LogP contribution in [0.4, 0.5) is 0 Å². The van der Waals surface area contributed by atoms with Crippen molar-refractivity contribution in [3.05, 3.63) is 28.2 Å². The van der Waals surface area contributed by atoms with Crippen LogP contribution in [0.15, 0.2) is 18.2 Å². The van der Waals surface area contributed by atoms with Crippen molar-refractivity contribution in [3.63, 3.8) is 0 Å². The van der Waals surface area contributed by atoms with Crippen LogP contribution >= 0.6 is 23.2 Å². The zero-order valence-corrected chi connectivity index (χ0v) is 8.95. The van der Waals surface area contributed by atoms with Gasteiger partial charge in [0, 0.05) is 0 Å². The fourth-order valence-corrected chi connectivity index (χ4v) is 0.777. The van der Waals surface area contributed by atoms with E-state index >= 15 is 0 Å². The van der Waals surface area contributed by atoms with E-state index in [2.05, 4.69) is 0 Å². The average molecular weight is 187 g/mol. The number of phenolic OH excluding ortho intramolecular Hbond substituents is 1. The summed E-state index contributed by atoms with van der Waals surface area (Å²) in [4.78, 5) is 0. The van der Waals surface area contributed by atoms with Crippen molar-refractivity contribution >= 4 is 23.2 Å². The Morgan fingerprint density at radius 1 is 1.20 bits per heavy atom. The molecule has 0 aliphatic rings. The molecule has 10 heavy (non-hydrogen) atoms. The fraction of sp³-hybridized carbons (Fsp3) is 0. The first-order valence-electron chi connectivity index (χ1n) is 2.34. The third kappa shape index (κ3) is 2.69. The average Bonchev–Trinajstić information content (AvgIpc) is 1.80. The molecule has 0 aliphatic carbocycles. The number of halogens is 2. The zero-order chi connectivity index (χ0) is 6.85. The second kappa shape index (κ2) is 4.47. The normalized spacial score (nSPS) is 8.60. The van der Waals surface area contributed by atoms with Crippen LogP contribution in [0.1, 0.15) is 1.43 Å². The predicted octanol–water partition coefficient (Wildman–Crippen LogP) is -0.184. The van der Waals surface area contributed by atoms with Gasteiger partial charge in [0.05, 0.1) is 10.0 Å². The van der Waals surface area contributed by atoms with E-state index in [0.29, 0.717) is 10.0 Å². The molecule has 1 aromatic rings. The van der Waals surface area contributed by atoms with Crippen molar-refractivity contribution in [2.24, 2.45) is 0 Å². The molecule has 0 amide bonds. The first-order valence-corrected chi connectivity index (χ1v) is 3.10. The third-order valence-electron chi connectivity index (χ3n) is 0.903. The van der Waals surface area contributed by atoms with Gasteiger partial charge in [-0.1, -0.05) is 23.2 Å². The van der Waals surface area contributed by atoms with Crippen LogP contribution in [0.25, 0.3) is 0 Å². The van der Waals surface area contributed by atoms with Crippen LogP contribution in [0.2, 0.25) is 10.0 Å². The Kier molecular flexibility index (Phi) is 4.74. The summed E-state index contributed by atoms with van der Waals surface area (Å²) in [5, 5.41) is 9.62. The van der Waals surface area contributed by atoms with E-state index in [-0.39, 0.29) is 36.7 Å². The van der Waals surface area contributed by atoms with Gasteiger partial charge in [0.15, 0.2) is 0 Å². The van der Waals surface area contributed by atoms with E-state index in [9.17, 15) is 0 Å². The molecule has 0 saturated carbocycles. The molecule has 0 saturated heterocycles. The molecule has 0 heterocycles. The van der Waals surface area contributed by atoms with Gasteiger partial charge in [0.1, 0.15) is 5.75 Å². The van der Waals surface area contributed by atoms with Crippen molar-refractivity contribution in [1.82, 2.24) is 0 Å². The minimum atomic E-state index is 0. The van der Waals surface area contributed by atoms with E-state index < -0.39 is 0 Å². The van der Waals surface area contributed by atoms with Gasteiger partial charge in [0.25, 0.3) is 0 Å². The summed E-state index contributed by atoms with van der Waals surface area (Å²) in [5.74, 6) is 0.129. The summed E-state index contributed by atoms with van der Waals surface area (Å²) in [6, 6.07) is 4.41. The molecule has 50 valence electrons. The Bertz CT molecular complexity index is 232. The number of benzene rings is 1. The predicted molar refractivity (Wildman–Crippen MR) is 39.2 cm³/mol. The van der Waals surface area contributed by atoms with Gasteiger partial charge < -0.3 is 6.53 Å². The third-order valence-corrected chi connectivity index (χ3v) is 1.64. The molecule has 0 fully saturated rings. The molecule has 4 heteroatoms. The molecule has 1 rings (SSSR count). The second-order valence-corrected chi connectivity index (χ2v) is 2.41. The maximum absolute atomic E-state index is 8.79.